The Kier molecular flexibility index (Phi) is 6.27. The minimum absolute atomic E-state index is 0.323. The van der Waals surface area contributed by atoms with E-state index in [1.807, 2.05) is 30.3 Å². The first-order valence-corrected chi connectivity index (χ1v) is 11.2. The van der Waals surface area contributed by atoms with Crippen molar-refractivity contribution in [3.8, 4) is 0 Å². The predicted octanol–water partition coefficient (Wildman–Crippen LogP) is 3.21. The molecule has 0 unspecified atom stereocenters. The summed E-state index contributed by atoms with van der Waals surface area (Å²) in [5.74, 6) is -0.323. The fourth-order valence-electron chi connectivity index (χ4n) is 1.85. The van der Waals surface area contributed by atoms with Gasteiger partial charge in [-0.25, -0.2) is 0 Å². The number of hydrogen-bond acceptors (Lipinski definition) is 2. The molecule has 0 heterocycles. The van der Waals surface area contributed by atoms with Gasteiger partial charge in [0.2, 0.25) is 0 Å². The van der Waals surface area contributed by atoms with E-state index in [0.717, 1.165) is 24.6 Å². The van der Waals surface area contributed by atoms with E-state index in [1.54, 1.807) is 0 Å². The van der Waals surface area contributed by atoms with Crippen molar-refractivity contribution in [2.24, 2.45) is 5.73 Å². The second-order valence-corrected chi connectivity index (χ2v) is 13.1. The quantitative estimate of drug-likeness (QED) is 0.753. The first kappa shape index (κ1) is 15.6. The molecule has 1 rings (SSSR count). The van der Waals surface area contributed by atoms with Crippen molar-refractivity contribution in [2.45, 2.75) is 25.8 Å². The summed E-state index contributed by atoms with van der Waals surface area (Å²) in [6, 6.07) is 9.24. The number of rotatable bonds is 7. The van der Waals surface area contributed by atoms with E-state index in [1.165, 1.54) is 0 Å². The van der Waals surface area contributed by atoms with Crippen LogP contribution in [0.15, 0.2) is 30.3 Å². The molecule has 18 heavy (non-hydrogen) atoms. The number of carbonyl (C=O) groups excluding carboxylic acids is 1. The van der Waals surface area contributed by atoms with Crippen molar-refractivity contribution in [3.63, 3.8) is 0 Å². The maximum atomic E-state index is 11.6. The Morgan fingerprint density at radius 2 is 2.06 bits per heavy atom. The Labute approximate surface area is 118 Å². The molecule has 3 N–H and O–H groups in total. The normalized spacial score (nSPS) is 14.2. The van der Waals surface area contributed by atoms with Gasteiger partial charge in [-0.15, -0.1) is 0 Å². The van der Waals surface area contributed by atoms with Gasteiger partial charge in [-0.2, -0.15) is 0 Å². The fourth-order valence-corrected chi connectivity index (χ4v) is 5.45. The van der Waals surface area contributed by atoms with E-state index < -0.39 is 12.2 Å². The first-order chi connectivity index (χ1) is 8.46. The van der Waals surface area contributed by atoms with Crippen molar-refractivity contribution in [1.82, 2.24) is 5.09 Å². The van der Waals surface area contributed by atoms with E-state index in [9.17, 15) is 4.79 Å². The van der Waals surface area contributed by atoms with Crippen LogP contribution in [0.2, 0.25) is 0 Å². The number of carbonyl (C=O) groups is 1. The van der Waals surface area contributed by atoms with Crippen molar-refractivity contribution in [2.75, 3.05) is 12.8 Å². The molecular formula is C13H22BrN2OP. The molecule has 0 aromatic heterocycles. The third-order valence-corrected chi connectivity index (χ3v) is 6.92. The Morgan fingerprint density at radius 3 is 2.56 bits per heavy atom. The summed E-state index contributed by atoms with van der Waals surface area (Å²) in [5, 5.41) is 3.42. The average Bonchev–Trinajstić information content (AvgIpc) is 2.34. The molecule has 0 saturated carbocycles. The molecule has 5 heteroatoms. The summed E-state index contributed by atoms with van der Waals surface area (Å²) < 4.78 is 0. The number of nitrogens with one attached hydrogen (secondary N) is 1. The van der Waals surface area contributed by atoms with Gasteiger partial charge >= 0.3 is 118 Å². The molecule has 0 aliphatic rings. The number of amides is 1. The van der Waals surface area contributed by atoms with Crippen LogP contribution in [0.1, 0.15) is 31.4 Å². The maximum absolute atomic E-state index is 11.6. The summed E-state index contributed by atoms with van der Waals surface area (Å²) >= 11 is 3.77. The molecule has 1 aromatic rings. The van der Waals surface area contributed by atoms with Gasteiger partial charge in [0, 0.05) is 0 Å². The van der Waals surface area contributed by atoms with Crippen LogP contribution >= 0.6 is 21.6 Å². The zero-order valence-electron chi connectivity index (χ0n) is 10.9. The van der Waals surface area contributed by atoms with Crippen LogP contribution in [0.4, 0.5) is 0 Å². The van der Waals surface area contributed by atoms with E-state index in [0.29, 0.717) is 0 Å². The summed E-state index contributed by atoms with van der Waals surface area (Å²) in [7, 11) is 0. The fraction of sp³-hybridized carbons (Fsp3) is 0.462. The van der Waals surface area contributed by atoms with Crippen LogP contribution in [-0.2, 0) is 4.79 Å². The molecule has 0 fully saturated rings. The summed E-state index contributed by atoms with van der Waals surface area (Å²) in [5.41, 5.74) is 6.43. The molecule has 0 saturated heterocycles. The molecule has 3 nitrogen and oxygen atoms in total. The van der Waals surface area contributed by atoms with E-state index in [4.69, 9.17) is 5.73 Å². The molecule has 0 radical (unpaired) electrons. The van der Waals surface area contributed by atoms with E-state index in [2.05, 4.69) is 34.2 Å². The standard InChI is InChI=1S/C13H22BrN2OP/c1-3-4-10-18(2,14)16-12(13(15)17)11-8-6-5-7-9-11/h5-9,12,16,18H,3-4,10H2,1-2H3,(H2,15,17)/t12-/m1/s1. The summed E-state index contributed by atoms with van der Waals surface area (Å²) in [4.78, 5) is 11.6. The molecule has 1 aromatic carbocycles. The molecule has 102 valence electrons. The molecule has 0 aliphatic heterocycles. The van der Waals surface area contributed by atoms with Crippen LogP contribution in [-0.4, -0.2) is 18.7 Å². The van der Waals surface area contributed by atoms with Gasteiger partial charge in [0.15, 0.2) is 0 Å². The van der Waals surface area contributed by atoms with Gasteiger partial charge < -0.3 is 0 Å². The third-order valence-electron chi connectivity index (χ3n) is 2.86. The molecule has 0 aliphatic carbocycles. The monoisotopic (exact) mass is 332 g/mol. The zero-order chi connectivity index (χ0) is 13.6. The van der Waals surface area contributed by atoms with Crippen molar-refractivity contribution < 1.29 is 4.79 Å². The van der Waals surface area contributed by atoms with Gasteiger partial charge in [0.1, 0.15) is 0 Å². The van der Waals surface area contributed by atoms with Gasteiger partial charge in [-0.05, 0) is 0 Å². The van der Waals surface area contributed by atoms with Gasteiger partial charge in [-0.1, -0.05) is 0 Å². The van der Waals surface area contributed by atoms with Gasteiger partial charge in [0.05, 0.1) is 0 Å². The van der Waals surface area contributed by atoms with E-state index in [-0.39, 0.29) is 5.91 Å². The van der Waals surface area contributed by atoms with Crippen LogP contribution in [0.25, 0.3) is 0 Å². The van der Waals surface area contributed by atoms with Crippen LogP contribution in [0.5, 0.6) is 0 Å². The number of halogens is 1. The van der Waals surface area contributed by atoms with Crippen molar-refractivity contribution in [3.05, 3.63) is 35.9 Å². The Balaban J connectivity index is 2.79. The number of unbranched alkanes of at least 4 members (excludes halogenated alkanes) is 1. The van der Waals surface area contributed by atoms with Gasteiger partial charge in [-0.3, -0.25) is 0 Å². The topological polar surface area (TPSA) is 55.1 Å². The molecule has 1 amide bonds. The number of hydrogen-bond donors (Lipinski definition) is 2. The second-order valence-electron chi connectivity index (χ2n) is 4.69. The Hall–Kier alpha value is -0.440. The number of nitrogens with two attached hydrogens (primary N) is 1. The van der Waals surface area contributed by atoms with Gasteiger partial charge in [0.25, 0.3) is 0 Å². The first-order valence-electron chi connectivity index (χ1n) is 6.27. The number of benzene rings is 1. The summed E-state index contributed by atoms with van der Waals surface area (Å²) in [6.45, 7) is 4.34. The SMILES string of the molecule is CCCC[PH](C)(Br)N[C@@H](C(N)=O)c1ccccc1. The molecule has 0 spiro atoms. The van der Waals surface area contributed by atoms with Crippen LogP contribution < -0.4 is 10.8 Å². The molecular weight excluding hydrogens is 311 g/mol. The molecule has 0 bridgehead atoms. The van der Waals surface area contributed by atoms with Crippen LogP contribution in [0, 0.1) is 0 Å². The number of primary amides is 1. The predicted molar refractivity (Wildman–Crippen MR) is 84.5 cm³/mol. The Bertz CT molecular complexity index is 384. The van der Waals surface area contributed by atoms with E-state index >= 15 is 0 Å². The second kappa shape index (κ2) is 7.22. The zero-order valence-corrected chi connectivity index (χ0v) is 13.5. The van der Waals surface area contributed by atoms with Crippen LogP contribution in [0.3, 0.4) is 0 Å². The van der Waals surface area contributed by atoms with Crippen molar-refractivity contribution in [1.29, 1.82) is 0 Å². The molecule has 1 atom stereocenters. The average molecular weight is 333 g/mol. The Morgan fingerprint density at radius 1 is 1.44 bits per heavy atom. The minimum atomic E-state index is -1.77. The third kappa shape index (κ3) is 5.05. The summed E-state index contributed by atoms with van der Waals surface area (Å²) in [6.07, 6.45) is 1.62. The van der Waals surface area contributed by atoms with Crippen molar-refractivity contribution >= 4 is 27.5 Å².